The summed E-state index contributed by atoms with van der Waals surface area (Å²) < 4.78 is 9.62. The summed E-state index contributed by atoms with van der Waals surface area (Å²) in [6.07, 6.45) is -2.52. The highest BCUT2D eigenvalue weighted by Gasteiger charge is 2.39. The molecular formula is C9H14O6. The van der Waals surface area contributed by atoms with Crippen LogP contribution in [0.3, 0.4) is 0 Å². The van der Waals surface area contributed by atoms with E-state index in [1.807, 2.05) is 0 Å². The Morgan fingerprint density at radius 1 is 1.47 bits per heavy atom. The van der Waals surface area contributed by atoms with Gasteiger partial charge in [-0.1, -0.05) is 0 Å². The minimum atomic E-state index is -1.24. The van der Waals surface area contributed by atoms with Crippen molar-refractivity contribution in [3.05, 3.63) is 11.5 Å². The van der Waals surface area contributed by atoms with Crippen molar-refractivity contribution in [2.75, 3.05) is 6.61 Å². The number of carbonyl (C=O) groups excluding carboxylic acids is 1. The van der Waals surface area contributed by atoms with Crippen molar-refractivity contribution in [1.29, 1.82) is 0 Å². The zero-order valence-corrected chi connectivity index (χ0v) is 8.51. The van der Waals surface area contributed by atoms with Crippen molar-refractivity contribution < 1.29 is 29.6 Å². The fourth-order valence-corrected chi connectivity index (χ4v) is 1.11. The van der Waals surface area contributed by atoms with E-state index in [-0.39, 0.29) is 12.7 Å². The first-order chi connectivity index (χ1) is 6.93. The molecule has 86 valence electrons. The van der Waals surface area contributed by atoms with E-state index in [2.05, 4.69) is 4.74 Å². The van der Waals surface area contributed by atoms with Crippen molar-refractivity contribution in [2.45, 2.75) is 32.2 Å². The second kappa shape index (κ2) is 4.50. The molecule has 1 aliphatic rings. The van der Waals surface area contributed by atoms with Crippen LogP contribution in [0.5, 0.6) is 0 Å². The third kappa shape index (κ3) is 2.60. The van der Waals surface area contributed by atoms with Gasteiger partial charge in [-0.3, -0.25) is 0 Å². The Labute approximate surface area is 86.7 Å². The average Bonchev–Trinajstić information content (AvgIpc) is 2.42. The molecule has 0 aromatic rings. The molecule has 0 saturated carbocycles. The number of carbonyl (C=O) groups is 1. The van der Waals surface area contributed by atoms with Crippen LogP contribution >= 0.6 is 0 Å². The highest BCUT2D eigenvalue weighted by Crippen LogP contribution is 2.21. The highest BCUT2D eigenvalue weighted by atomic mass is 16.6. The van der Waals surface area contributed by atoms with Gasteiger partial charge in [-0.15, -0.1) is 0 Å². The molecule has 1 rings (SSSR count). The number of hydrogen-bond acceptors (Lipinski definition) is 6. The third-order valence-corrected chi connectivity index (χ3v) is 1.89. The lowest BCUT2D eigenvalue weighted by atomic mass is 10.2. The molecule has 1 heterocycles. The largest absolute Gasteiger partial charge is 0.505 e. The fraction of sp³-hybridized carbons (Fsp3) is 0.667. The SMILES string of the molecule is CC(C)OC[C@@H](O)[C@H]1OC(=O)C(O)=C1O. The maximum absolute atomic E-state index is 10.8. The monoisotopic (exact) mass is 218 g/mol. The molecule has 0 unspecified atom stereocenters. The van der Waals surface area contributed by atoms with Crippen molar-refractivity contribution in [2.24, 2.45) is 0 Å². The standard InChI is InChI=1S/C9H14O6/c1-4(2)14-3-5(10)8-6(11)7(12)9(13)15-8/h4-5,8,10-12H,3H2,1-2H3/t5-,8-/m1/s1. The number of hydrogen-bond donors (Lipinski definition) is 3. The molecule has 0 amide bonds. The first-order valence-corrected chi connectivity index (χ1v) is 4.56. The molecule has 0 saturated heterocycles. The molecule has 0 bridgehead atoms. The summed E-state index contributed by atoms with van der Waals surface area (Å²) in [5.41, 5.74) is 0. The number of aliphatic hydroxyl groups excluding tert-OH is 3. The van der Waals surface area contributed by atoms with Crippen molar-refractivity contribution in [1.82, 2.24) is 0 Å². The number of rotatable bonds is 4. The molecule has 0 aromatic carbocycles. The van der Waals surface area contributed by atoms with Crippen molar-refractivity contribution in [3.8, 4) is 0 Å². The smallest absolute Gasteiger partial charge is 0.377 e. The van der Waals surface area contributed by atoms with Crippen LogP contribution in [0.25, 0.3) is 0 Å². The molecule has 0 aliphatic carbocycles. The van der Waals surface area contributed by atoms with Crippen LogP contribution in [0, 0.1) is 0 Å². The van der Waals surface area contributed by atoms with E-state index >= 15 is 0 Å². The average molecular weight is 218 g/mol. The quantitative estimate of drug-likeness (QED) is 0.576. The normalized spacial score (nSPS) is 23.5. The Balaban J connectivity index is 2.55. The van der Waals surface area contributed by atoms with Gasteiger partial charge >= 0.3 is 5.97 Å². The molecule has 2 atom stereocenters. The van der Waals surface area contributed by atoms with Gasteiger partial charge in [0.25, 0.3) is 0 Å². The molecule has 6 nitrogen and oxygen atoms in total. The van der Waals surface area contributed by atoms with Gasteiger partial charge in [0, 0.05) is 0 Å². The van der Waals surface area contributed by atoms with E-state index in [9.17, 15) is 15.0 Å². The van der Waals surface area contributed by atoms with E-state index in [1.54, 1.807) is 13.8 Å². The van der Waals surface area contributed by atoms with Crippen molar-refractivity contribution >= 4 is 5.97 Å². The minimum Gasteiger partial charge on any atom is -0.505 e. The van der Waals surface area contributed by atoms with E-state index in [0.29, 0.717) is 0 Å². The summed E-state index contributed by atoms with van der Waals surface area (Å²) >= 11 is 0. The number of esters is 1. The van der Waals surface area contributed by atoms with Gasteiger partial charge in [0.2, 0.25) is 5.76 Å². The van der Waals surface area contributed by atoms with Gasteiger partial charge < -0.3 is 24.8 Å². The minimum absolute atomic E-state index is 0.0866. The summed E-state index contributed by atoms with van der Waals surface area (Å²) in [5.74, 6) is -2.55. The highest BCUT2D eigenvalue weighted by molar-refractivity contribution is 5.89. The molecule has 0 radical (unpaired) electrons. The number of ether oxygens (including phenoxy) is 2. The lowest BCUT2D eigenvalue weighted by Gasteiger charge is -2.18. The van der Waals surface area contributed by atoms with E-state index in [4.69, 9.17) is 9.84 Å². The van der Waals surface area contributed by atoms with Crippen molar-refractivity contribution in [3.63, 3.8) is 0 Å². The summed E-state index contributed by atoms with van der Waals surface area (Å²) in [5, 5.41) is 27.7. The maximum Gasteiger partial charge on any atom is 0.377 e. The Kier molecular flexibility index (Phi) is 3.54. The molecule has 15 heavy (non-hydrogen) atoms. The van der Waals surface area contributed by atoms with E-state index in [1.165, 1.54) is 0 Å². The topological polar surface area (TPSA) is 96.2 Å². The van der Waals surface area contributed by atoms with Crippen LogP contribution in [0.15, 0.2) is 11.5 Å². The van der Waals surface area contributed by atoms with Gasteiger partial charge in [0.1, 0.15) is 6.10 Å². The zero-order valence-electron chi connectivity index (χ0n) is 8.51. The summed E-state index contributed by atoms with van der Waals surface area (Å²) in [7, 11) is 0. The first-order valence-electron chi connectivity index (χ1n) is 4.56. The van der Waals surface area contributed by atoms with Gasteiger partial charge in [-0.2, -0.15) is 0 Å². The number of cyclic esters (lactones) is 1. The molecule has 6 heteroatoms. The Morgan fingerprint density at radius 3 is 2.47 bits per heavy atom. The van der Waals surface area contributed by atoms with Gasteiger partial charge in [0.05, 0.1) is 12.7 Å². The predicted octanol–water partition coefficient (Wildman–Crippen LogP) is 0.0253. The predicted molar refractivity (Wildman–Crippen MR) is 49.3 cm³/mol. The van der Waals surface area contributed by atoms with Gasteiger partial charge in [0.15, 0.2) is 11.9 Å². The molecule has 3 N–H and O–H groups in total. The third-order valence-electron chi connectivity index (χ3n) is 1.89. The summed E-state index contributed by atoms with van der Waals surface area (Å²) in [6, 6.07) is 0. The second-order valence-corrected chi connectivity index (χ2v) is 3.51. The molecule has 0 spiro atoms. The van der Waals surface area contributed by atoms with Gasteiger partial charge in [-0.05, 0) is 13.8 Å². The molecule has 0 fully saturated rings. The Bertz CT molecular complexity index is 282. The second-order valence-electron chi connectivity index (χ2n) is 3.51. The molecule has 0 aromatic heterocycles. The van der Waals surface area contributed by atoms with Crippen LogP contribution in [0.2, 0.25) is 0 Å². The van der Waals surface area contributed by atoms with Crippen LogP contribution in [0.4, 0.5) is 0 Å². The van der Waals surface area contributed by atoms with Crippen LogP contribution in [0.1, 0.15) is 13.8 Å². The fourth-order valence-electron chi connectivity index (χ4n) is 1.11. The van der Waals surface area contributed by atoms with E-state index < -0.39 is 29.7 Å². The lowest BCUT2D eigenvalue weighted by molar-refractivity contribution is -0.149. The number of aliphatic hydroxyl groups is 3. The van der Waals surface area contributed by atoms with E-state index in [0.717, 1.165) is 0 Å². The van der Waals surface area contributed by atoms with Crippen LogP contribution in [-0.2, 0) is 14.3 Å². The summed E-state index contributed by atoms with van der Waals surface area (Å²) in [4.78, 5) is 10.8. The lowest BCUT2D eigenvalue weighted by Crippen LogP contribution is -2.33. The zero-order chi connectivity index (χ0) is 11.6. The molecular weight excluding hydrogens is 204 g/mol. The molecule has 1 aliphatic heterocycles. The maximum atomic E-state index is 10.8. The Hall–Kier alpha value is -1.27. The van der Waals surface area contributed by atoms with Crippen LogP contribution in [-0.4, -0.2) is 46.2 Å². The van der Waals surface area contributed by atoms with Crippen LogP contribution < -0.4 is 0 Å². The summed E-state index contributed by atoms with van der Waals surface area (Å²) in [6.45, 7) is 3.47. The van der Waals surface area contributed by atoms with Gasteiger partial charge in [-0.25, -0.2) is 4.79 Å². The first kappa shape index (κ1) is 11.8. The Morgan fingerprint density at radius 2 is 2.07 bits per heavy atom.